The van der Waals surface area contributed by atoms with Crippen molar-refractivity contribution in [1.29, 1.82) is 5.26 Å². The van der Waals surface area contributed by atoms with Crippen molar-refractivity contribution in [3.63, 3.8) is 0 Å². The summed E-state index contributed by atoms with van der Waals surface area (Å²) in [7, 11) is 0. The van der Waals surface area contributed by atoms with Gasteiger partial charge in [-0.1, -0.05) is 0 Å². The second kappa shape index (κ2) is 4.04. The van der Waals surface area contributed by atoms with Gasteiger partial charge in [-0.25, -0.2) is 0 Å². The van der Waals surface area contributed by atoms with E-state index in [4.69, 9.17) is 5.26 Å². The molecule has 0 spiro atoms. The predicted molar refractivity (Wildman–Crippen MR) is 40.4 cm³/mol. The summed E-state index contributed by atoms with van der Waals surface area (Å²) in [5.74, 6) is 0. The van der Waals surface area contributed by atoms with Gasteiger partial charge < -0.3 is 5.32 Å². The first kappa shape index (κ1) is 7.26. The molecule has 0 aliphatic rings. The van der Waals surface area contributed by atoms with Crippen molar-refractivity contribution in [1.82, 2.24) is 0 Å². The predicted octanol–water partition coefficient (Wildman–Crippen LogP) is 0.335. The second-order valence-electron chi connectivity index (χ2n) is 1.99. The van der Waals surface area contributed by atoms with Crippen molar-refractivity contribution >= 4 is 11.3 Å². The minimum Gasteiger partial charge on any atom is -0.331 e. The van der Waals surface area contributed by atoms with E-state index in [9.17, 15) is 0 Å². The molecule has 0 unspecified atom stereocenters. The Bertz CT molecular complexity index is 210. The molecule has 1 rings (SSSR count). The molecule has 0 saturated heterocycles. The molecule has 0 bridgehead atoms. The fraction of sp³-hybridized carbons (Fsp3) is 0.286. The Morgan fingerprint density at radius 3 is 3.20 bits per heavy atom. The first-order valence-electron chi connectivity index (χ1n) is 3.13. The fourth-order valence-corrected chi connectivity index (χ4v) is 1.39. The van der Waals surface area contributed by atoms with Gasteiger partial charge in [0.15, 0.2) is 6.54 Å². The van der Waals surface area contributed by atoms with Gasteiger partial charge in [0.2, 0.25) is 0 Å². The molecule has 3 heteroatoms. The minimum atomic E-state index is 0.551. The first-order valence-corrected chi connectivity index (χ1v) is 4.07. The van der Waals surface area contributed by atoms with Crippen LogP contribution in [0.3, 0.4) is 0 Å². The highest BCUT2D eigenvalue weighted by Gasteiger charge is 1.92. The Hall–Kier alpha value is -0.850. The van der Waals surface area contributed by atoms with Gasteiger partial charge in [0.05, 0.1) is 0 Å². The standard InChI is InChI=1S/C7H8N2S/c8-2-3-9-5-7-1-4-10-6-7/h1,4,6,9H,3,5H2/p+1. The lowest BCUT2D eigenvalue weighted by Crippen LogP contribution is -2.82. The normalized spacial score (nSPS) is 9.10. The molecule has 1 aromatic heterocycles. The summed E-state index contributed by atoms with van der Waals surface area (Å²) >= 11 is 1.69. The molecular formula is C7H9N2S+. The van der Waals surface area contributed by atoms with Crippen LogP contribution < -0.4 is 5.32 Å². The molecule has 0 amide bonds. The van der Waals surface area contributed by atoms with Gasteiger partial charge in [0.25, 0.3) is 0 Å². The monoisotopic (exact) mass is 153 g/mol. The Morgan fingerprint density at radius 1 is 1.70 bits per heavy atom. The Kier molecular flexibility index (Phi) is 2.94. The second-order valence-corrected chi connectivity index (χ2v) is 2.77. The fourth-order valence-electron chi connectivity index (χ4n) is 0.712. The average Bonchev–Trinajstić information content (AvgIpc) is 2.41. The summed E-state index contributed by atoms with van der Waals surface area (Å²) in [5, 5.41) is 14.4. The average molecular weight is 153 g/mol. The number of hydrogen-bond donors (Lipinski definition) is 1. The van der Waals surface area contributed by atoms with Crippen LogP contribution in [0.15, 0.2) is 16.8 Å². The maximum absolute atomic E-state index is 8.22. The highest BCUT2D eigenvalue weighted by atomic mass is 32.1. The lowest BCUT2D eigenvalue weighted by atomic mass is 10.3. The third-order valence-corrected chi connectivity index (χ3v) is 1.93. The third-order valence-electron chi connectivity index (χ3n) is 1.20. The molecule has 0 aliphatic carbocycles. The van der Waals surface area contributed by atoms with Crippen molar-refractivity contribution in [3.05, 3.63) is 22.4 Å². The lowest BCUT2D eigenvalue weighted by molar-refractivity contribution is -0.660. The molecule has 2 nitrogen and oxygen atoms in total. The molecule has 0 atom stereocenters. The molecule has 1 aromatic rings. The molecule has 1 heterocycles. The van der Waals surface area contributed by atoms with Crippen molar-refractivity contribution in [2.75, 3.05) is 6.54 Å². The zero-order valence-corrected chi connectivity index (χ0v) is 6.40. The van der Waals surface area contributed by atoms with Crippen LogP contribution in [0, 0.1) is 11.3 Å². The number of nitrogens with two attached hydrogens (primary N) is 1. The topological polar surface area (TPSA) is 40.4 Å². The van der Waals surface area contributed by atoms with Gasteiger partial charge in [-0.05, 0) is 16.8 Å². The number of quaternary nitrogens is 1. The smallest absolute Gasteiger partial charge is 0.163 e. The zero-order chi connectivity index (χ0) is 7.23. The minimum absolute atomic E-state index is 0.551. The Balaban J connectivity index is 2.23. The summed E-state index contributed by atoms with van der Waals surface area (Å²) in [6.07, 6.45) is 0. The SMILES string of the molecule is N#CC[NH2+]Cc1ccsc1. The van der Waals surface area contributed by atoms with E-state index in [1.54, 1.807) is 11.3 Å². The molecule has 0 aromatic carbocycles. The van der Waals surface area contributed by atoms with Crippen LogP contribution in [-0.2, 0) is 6.54 Å². The van der Waals surface area contributed by atoms with Crippen molar-refractivity contribution < 1.29 is 5.32 Å². The van der Waals surface area contributed by atoms with E-state index in [0.29, 0.717) is 6.54 Å². The van der Waals surface area contributed by atoms with Gasteiger partial charge in [-0.2, -0.15) is 16.6 Å². The van der Waals surface area contributed by atoms with Crippen molar-refractivity contribution in [3.8, 4) is 6.07 Å². The number of thiophene rings is 1. The molecule has 52 valence electrons. The maximum Gasteiger partial charge on any atom is 0.163 e. The quantitative estimate of drug-likeness (QED) is 0.493. The number of rotatable bonds is 3. The number of hydrogen-bond acceptors (Lipinski definition) is 2. The zero-order valence-electron chi connectivity index (χ0n) is 5.58. The van der Waals surface area contributed by atoms with Crippen LogP contribution in [0.4, 0.5) is 0 Å². The Labute approximate surface area is 64.1 Å². The summed E-state index contributed by atoms with van der Waals surface area (Å²) in [5.41, 5.74) is 1.31. The van der Waals surface area contributed by atoms with E-state index in [0.717, 1.165) is 6.54 Å². The van der Waals surface area contributed by atoms with E-state index in [-0.39, 0.29) is 0 Å². The molecular weight excluding hydrogens is 144 g/mol. The highest BCUT2D eigenvalue weighted by Crippen LogP contribution is 2.02. The number of nitriles is 1. The molecule has 0 saturated carbocycles. The van der Waals surface area contributed by atoms with Crippen LogP contribution in [0.2, 0.25) is 0 Å². The van der Waals surface area contributed by atoms with E-state index in [1.807, 2.05) is 5.32 Å². The largest absolute Gasteiger partial charge is 0.331 e. The Morgan fingerprint density at radius 2 is 2.60 bits per heavy atom. The van der Waals surface area contributed by atoms with E-state index in [2.05, 4.69) is 22.9 Å². The maximum atomic E-state index is 8.22. The first-order chi connectivity index (χ1) is 4.93. The third kappa shape index (κ3) is 2.18. The van der Waals surface area contributed by atoms with Crippen LogP contribution >= 0.6 is 11.3 Å². The molecule has 2 N–H and O–H groups in total. The summed E-state index contributed by atoms with van der Waals surface area (Å²) in [6.45, 7) is 1.48. The van der Waals surface area contributed by atoms with Gasteiger partial charge in [0.1, 0.15) is 12.6 Å². The van der Waals surface area contributed by atoms with Gasteiger partial charge in [0, 0.05) is 5.56 Å². The summed E-state index contributed by atoms with van der Waals surface area (Å²) < 4.78 is 0. The van der Waals surface area contributed by atoms with Gasteiger partial charge in [-0.15, -0.1) is 0 Å². The van der Waals surface area contributed by atoms with Gasteiger partial charge in [-0.3, -0.25) is 0 Å². The van der Waals surface area contributed by atoms with Crippen LogP contribution in [0.1, 0.15) is 5.56 Å². The molecule has 0 fully saturated rings. The van der Waals surface area contributed by atoms with Gasteiger partial charge >= 0.3 is 0 Å². The van der Waals surface area contributed by atoms with E-state index < -0.39 is 0 Å². The van der Waals surface area contributed by atoms with Crippen LogP contribution in [-0.4, -0.2) is 6.54 Å². The number of nitrogens with zero attached hydrogens (tertiary/aromatic N) is 1. The molecule has 0 aliphatic heterocycles. The summed E-state index contributed by atoms with van der Waals surface area (Å²) in [6, 6.07) is 4.16. The highest BCUT2D eigenvalue weighted by molar-refractivity contribution is 7.07. The van der Waals surface area contributed by atoms with Crippen molar-refractivity contribution in [2.24, 2.45) is 0 Å². The van der Waals surface area contributed by atoms with E-state index >= 15 is 0 Å². The van der Waals surface area contributed by atoms with Crippen LogP contribution in [0.5, 0.6) is 0 Å². The lowest BCUT2D eigenvalue weighted by Gasteiger charge is -1.90. The molecule has 0 radical (unpaired) electrons. The van der Waals surface area contributed by atoms with E-state index in [1.165, 1.54) is 5.56 Å². The van der Waals surface area contributed by atoms with Crippen LogP contribution in [0.25, 0.3) is 0 Å². The van der Waals surface area contributed by atoms with Crippen molar-refractivity contribution in [2.45, 2.75) is 6.54 Å². The summed E-state index contributed by atoms with van der Waals surface area (Å²) in [4.78, 5) is 0. The molecule has 10 heavy (non-hydrogen) atoms.